The maximum Gasteiger partial charge on any atom is 0.387 e. The largest absolute Gasteiger partial charge is 0.484 e. The van der Waals surface area contributed by atoms with Gasteiger partial charge in [-0.1, -0.05) is 29.8 Å². The zero-order valence-corrected chi connectivity index (χ0v) is 16.2. The van der Waals surface area contributed by atoms with Gasteiger partial charge in [-0.2, -0.15) is 8.78 Å². The summed E-state index contributed by atoms with van der Waals surface area (Å²) in [7, 11) is 1.61. The van der Waals surface area contributed by atoms with Gasteiger partial charge in [0.25, 0.3) is 5.91 Å². The third kappa shape index (κ3) is 7.65. The number of hydrogen-bond acceptors (Lipinski definition) is 4. The SMILES string of the molecule is CN=C(NCc1cccc(OCC(N)=O)c1)NCc1cc(C)ccc1OC(F)F. The average molecular weight is 406 g/mol. The van der Waals surface area contributed by atoms with Crippen molar-refractivity contribution in [1.82, 2.24) is 10.6 Å². The lowest BCUT2D eigenvalue weighted by Crippen LogP contribution is -2.36. The number of rotatable bonds is 9. The molecule has 0 atom stereocenters. The Morgan fingerprint density at radius 3 is 2.62 bits per heavy atom. The number of nitrogens with zero attached hydrogens (tertiary/aromatic N) is 1. The van der Waals surface area contributed by atoms with E-state index in [2.05, 4.69) is 20.4 Å². The predicted octanol–water partition coefficient (Wildman–Crippen LogP) is 2.33. The topological polar surface area (TPSA) is 98.0 Å². The van der Waals surface area contributed by atoms with Crippen LogP contribution in [0.2, 0.25) is 0 Å². The molecule has 0 aliphatic carbocycles. The van der Waals surface area contributed by atoms with Crippen molar-refractivity contribution in [1.29, 1.82) is 0 Å². The van der Waals surface area contributed by atoms with Crippen LogP contribution in [-0.4, -0.2) is 32.1 Å². The summed E-state index contributed by atoms with van der Waals surface area (Å²) in [5.41, 5.74) is 7.49. The minimum absolute atomic E-state index is 0.118. The van der Waals surface area contributed by atoms with Crippen LogP contribution in [0.1, 0.15) is 16.7 Å². The molecule has 2 aromatic carbocycles. The lowest BCUT2D eigenvalue weighted by Gasteiger charge is -2.15. The summed E-state index contributed by atoms with van der Waals surface area (Å²) in [4.78, 5) is 14.9. The van der Waals surface area contributed by atoms with E-state index in [0.717, 1.165) is 11.1 Å². The van der Waals surface area contributed by atoms with Crippen LogP contribution >= 0.6 is 0 Å². The van der Waals surface area contributed by atoms with E-state index < -0.39 is 12.5 Å². The van der Waals surface area contributed by atoms with Gasteiger partial charge >= 0.3 is 6.61 Å². The molecule has 29 heavy (non-hydrogen) atoms. The third-order valence-corrected chi connectivity index (χ3v) is 3.84. The molecule has 9 heteroatoms. The van der Waals surface area contributed by atoms with Crippen LogP contribution in [0.3, 0.4) is 0 Å². The van der Waals surface area contributed by atoms with Crippen molar-refractivity contribution >= 4 is 11.9 Å². The molecule has 4 N–H and O–H groups in total. The molecule has 0 radical (unpaired) electrons. The van der Waals surface area contributed by atoms with E-state index in [0.29, 0.717) is 23.8 Å². The average Bonchev–Trinajstić information content (AvgIpc) is 2.68. The molecular weight excluding hydrogens is 382 g/mol. The fraction of sp³-hybridized carbons (Fsp3) is 0.300. The van der Waals surface area contributed by atoms with Gasteiger partial charge in [-0.05, 0) is 30.7 Å². The van der Waals surface area contributed by atoms with E-state index in [4.69, 9.17) is 10.5 Å². The number of carbonyl (C=O) groups is 1. The standard InChI is InChI=1S/C20H24F2N4O3/c1-13-6-7-17(29-19(21)22)15(8-13)11-26-20(24-2)25-10-14-4-3-5-16(9-14)28-12-18(23)27/h3-9,19H,10-12H2,1-2H3,(H2,23,27)(H2,24,25,26). The molecule has 0 saturated heterocycles. The van der Waals surface area contributed by atoms with Crippen LogP contribution in [0, 0.1) is 6.92 Å². The fourth-order valence-corrected chi connectivity index (χ4v) is 2.54. The Morgan fingerprint density at radius 2 is 1.93 bits per heavy atom. The summed E-state index contributed by atoms with van der Waals surface area (Å²) in [6, 6.07) is 12.2. The van der Waals surface area contributed by atoms with Gasteiger partial charge in [0.05, 0.1) is 0 Å². The van der Waals surface area contributed by atoms with Gasteiger partial charge in [0, 0.05) is 25.7 Å². The van der Waals surface area contributed by atoms with E-state index in [1.54, 1.807) is 37.4 Å². The summed E-state index contributed by atoms with van der Waals surface area (Å²) in [6.07, 6.45) is 0. The van der Waals surface area contributed by atoms with Crippen molar-refractivity contribution in [3.8, 4) is 11.5 Å². The molecule has 2 aromatic rings. The zero-order valence-electron chi connectivity index (χ0n) is 16.2. The van der Waals surface area contributed by atoms with Crippen LogP contribution in [0.15, 0.2) is 47.5 Å². The molecular formula is C20H24F2N4O3. The number of primary amides is 1. The monoisotopic (exact) mass is 406 g/mol. The van der Waals surface area contributed by atoms with Gasteiger partial charge in [-0.15, -0.1) is 0 Å². The van der Waals surface area contributed by atoms with Gasteiger partial charge in [-0.3, -0.25) is 9.79 Å². The summed E-state index contributed by atoms with van der Waals surface area (Å²) >= 11 is 0. The number of nitrogens with two attached hydrogens (primary N) is 1. The Morgan fingerprint density at radius 1 is 1.17 bits per heavy atom. The third-order valence-electron chi connectivity index (χ3n) is 3.84. The summed E-state index contributed by atoms with van der Waals surface area (Å²) in [5, 5.41) is 6.20. The maximum atomic E-state index is 12.6. The Hall–Kier alpha value is -3.36. The minimum atomic E-state index is -2.89. The Labute approximate surface area is 167 Å². The van der Waals surface area contributed by atoms with E-state index in [1.807, 2.05) is 13.0 Å². The van der Waals surface area contributed by atoms with Crippen LogP contribution in [0.25, 0.3) is 0 Å². The first-order valence-corrected chi connectivity index (χ1v) is 8.86. The quantitative estimate of drug-likeness (QED) is 0.439. The molecule has 7 nitrogen and oxygen atoms in total. The molecule has 0 aromatic heterocycles. The lowest BCUT2D eigenvalue weighted by molar-refractivity contribution is -0.119. The number of halogens is 2. The van der Waals surface area contributed by atoms with Crippen LogP contribution < -0.4 is 25.8 Å². The van der Waals surface area contributed by atoms with E-state index in [9.17, 15) is 13.6 Å². The number of ether oxygens (including phenoxy) is 2. The molecule has 156 valence electrons. The van der Waals surface area contributed by atoms with Crippen molar-refractivity contribution in [2.45, 2.75) is 26.6 Å². The fourth-order valence-electron chi connectivity index (χ4n) is 2.54. The number of amides is 1. The molecule has 0 bridgehead atoms. The second kappa shape index (κ2) is 10.8. The van der Waals surface area contributed by atoms with Gasteiger partial charge in [0.15, 0.2) is 12.6 Å². The zero-order chi connectivity index (χ0) is 21.2. The van der Waals surface area contributed by atoms with Crippen molar-refractivity contribution in [3.63, 3.8) is 0 Å². The number of guanidine groups is 1. The minimum Gasteiger partial charge on any atom is -0.484 e. The number of nitrogens with one attached hydrogen (secondary N) is 2. The number of aliphatic imine (C=N–C) groups is 1. The van der Waals surface area contributed by atoms with Gasteiger partial charge < -0.3 is 25.8 Å². The summed E-state index contributed by atoms with van der Waals surface area (Å²) in [5.74, 6) is 0.579. The number of hydrogen-bond donors (Lipinski definition) is 3. The number of aryl methyl sites for hydroxylation is 1. The highest BCUT2D eigenvalue weighted by atomic mass is 19.3. The molecule has 0 aliphatic heterocycles. The molecule has 0 unspecified atom stereocenters. The van der Waals surface area contributed by atoms with Crippen LogP contribution in [0.5, 0.6) is 11.5 Å². The van der Waals surface area contributed by atoms with Crippen molar-refractivity contribution in [2.24, 2.45) is 10.7 Å². The highest BCUT2D eigenvalue weighted by molar-refractivity contribution is 5.79. The number of benzene rings is 2. The molecule has 0 fully saturated rings. The van der Waals surface area contributed by atoms with Gasteiger partial charge in [-0.25, -0.2) is 0 Å². The molecule has 0 spiro atoms. The first kappa shape index (κ1) is 21.9. The lowest BCUT2D eigenvalue weighted by atomic mass is 10.1. The first-order chi connectivity index (χ1) is 13.9. The van der Waals surface area contributed by atoms with Crippen LogP contribution in [-0.2, 0) is 17.9 Å². The van der Waals surface area contributed by atoms with Gasteiger partial charge in [0.1, 0.15) is 11.5 Å². The van der Waals surface area contributed by atoms with Crippen molar-refractivity contribution < 1.29 is 23.0 Å². The summed E-state index contributed by atoms with van der Waals surface area (Å²) < 4.78 is 35.0. The first-order valence-electron chi connectivity index (χ1n) is 8.86. The Balaban J connectivity index is 1.94. The Bertz CT molecular complexity index is 859. The number of carbonyl (C=O) groups excluding carboxylic acids is 1. The molecule has 0 heterocycles. The summed E-state index contributed by atoms with van der Waals surface area (Å²) in [6.45, 7) is -0.527. The van der Waals surface area contributed by atoms with Gasteiger partial charge in [0.2, 0.25) is 0 Å². The molecule has 0 saturated carbocycles. The predicted molar refractivity (Wildman–Crippen MR) is 106 cm³/mol. The molecule has 2 rings (SSSR count). The second-order valence-electron chi connectivity index (χ2n) is 6.17. The highest BCUT2D eigenvalue weighted by Crippen LogP contribution is 2.22. The number of alkyl halides is 2. The van der Waals surface area contributed by atoms with E-state index >= 15 is 0 Å². The Kier molecular flexibility index (Phi) is 8.20. The van der Waals surface area contributed by atoms with E-state index in [1.165, 1.54) is 6.07 Å². The highest BCUT2D eigenvalue weighted by Gasteiger charge is 2.10. The van der Waals surface area contributed by atoms with Crippen LogP contribution in [0.4, 0.5) is 8.78 Å². The van der Waals surface area contributed by atoms with Crippen molar-refractivity contribution in [3.05, 3.63) is 59.2 Å². The molecule has 1 amide bonds. The smallest absolute Gasteiger partial charge is 0.387 e. The maximum absolute atomic E-state index is 12.6. The second-order valence-corrected chi connectivity index (χ2v) is 6.17. The molecule has 0 aliphatic rings. The van der Waals surface area contributed by atoms with Crippen molar-refractivity contribution in [2.75, 3.05) is 13.7 Å². The van der Waals surface area contributed by atoms with E-state index in [-0.39, 0.29) is 18.9 Å². The normalized spacial score (nSPS) is 11.3.